The quantitative estimate of drug-likeness (QED) is 0.908. The van der Waals surface area contributed by atoms with Crippen LogP contribution in [-0.2, 0) is 6.42 Å². The molecule has 0 saturated carbocycles. The predicted octanol–water partition coefficient (Wildman–Crippen LogP) is 3.29. The van der Waals surface area contributed by atoms with Crippen LogP contribution in [0.25, 0.3) is 11.1 Å². The zero-order valence-electron chi connectivity index (χ0n) is 15.0. The number of hydrogen-bond acceptors (Lipinski definition) is 4. The summed E-state index contributed by atoms with van der Waals surface area (Å²) in [7, 11) is 0. The number of benzene rings is 1. The molecule has 1 aromatic carbocycles. The van der Waals surface area contributed by atoms with Gasteiger partial charge in [-0.05, 0) is 73.0 Å². The van der Waals surface area contributed by atoms with Gasteiger partial charge in [0.1, 0.15) is 11.8 Å². The highest BCUT2D eigenvalue weighted by atomic mass is 15.2. The van der Waals surface area contributed by atoms with Gasteiger partial charge in [0.05, 0.1) is 0 Å². The van der Waals surface area contributed by atoms with Crippen molar-refractivity contribution >= 4 is 0 Å². The van der Waals surface area contributed by atoms with Crippen LogP contribution in [0.4, 0.5) is 0 Å². The zero-order valence-corrected chi connectivity index (χ0v) is 15.0. The Bertz CT molecular complexity index is 851. The molecule has 0 amide bonds. The molecule has 4 nitrogen and oxygen atoms in total. The van der Waals surface area contributed by atoms with E-state index in [0.717, 1.165) is 5.56 Å². The van der Waals surface area contributed by atoms with E-state index in [9.17, 15) is 0 Å². The van der Waals surface area contributed by atoms with Gasteiger partial charge in [0, 0.05) is 30.9 Å². The summed E-state index contributed by atoms with van der Waals surface area (Å²) >= 11 is 0. The van der Waals surface area contributed by atoms with Crippen molar-refractivity contribution in [2.24, 2.45) is 5.41 Å². The molecule has 0 bridgehead atoms. The number of nitriles is 1. The lowest BCUT2D eigenvalue weighted by molar-refractivity contribution is -0.0512. The molecule has 1 unspecified atom stereocenters. The summed E-state index contributed by atoms with van der Waals surface area (Å²) in [5.41, 5.74) is 6.39. The molecular weight excluding hydrogens is 320 g/mol. The minimum atomic E-state index is 0.472. The second-order valence-electron chi connectivity index (χ2n) is 8.17. The van der Waals surface area contributed by atoms with Gasteiger partial charge in [0.2, 0.25) is 0 Å². The van der Waals surface area contributed by atoms with Gasteiger partial charge in [-0.2, -0.15) is 5.26 Å². The number of piperidine rings is 1. The Morgan fingerprint density at radius 2 is 1.92 bits per heavy atom. The van der Waals surface area contributed by atoms with Crippen LogP contribution >= 0.6 is 0 Å². The van der Waals surface area contributed by atoms with E-state index in [0.29, 0.717) is 17.2 Å². The summed E-state index contributed by atoms with van der Waals surface area (Å²) in [5.74, 6) is 0. The smallest absolute Gasteiger partial charge is 0.140 e. The first-order valence-electron chi connectivity index (χ1n) is 9.71. The van der Waals surface area contributed by atoms with Crippen LogP contribution in [0.1, 0.15) is 42.1 Å². The molecule has 4 heteroatoms. The predicted molar refractivity (Wildman–Crippen MR) is 102 cm³/mol. The van der Waals surface area contributed by atoms with Crippen LogP contribution in [0, 0.1) is 16.7 Å². The van der Waals surface area contributed by atoms with E-state index in [2.05, 4.69) is 39.5 Å². The average Bonchev–Trinajstić information content (AvgIpc) is 3.09. The molecule has 132 valence electrons. The molecule has 26 heavy (non-hydrogen) atoms. The van der Waals surface area contributed by atoms with Crippen molar-refractivity contribution in [3.63, 3.8) is 0 Å². The molecule has 1 aliphatic carbocycles. The Labute approximate surface area is 154 Å². The maximum absolute atomic E-state index is 8.91. The van der Waals surface area contributed by atoms with Crippen LogP contribution in [0.3, 0.4) is 0 Å². The summed E-state index contributed by atoms with van der Waals surface area (Å²) in [6.45, 7) is 4.94. The standard InChI is InChI=1S/C22H24N4/c23-12-19-4-1-18(13-25-19)16-2-5-20-17(11-16)3-6-21(20)26-14-22(15-26)7-9-24-10-8-22/h1-2,4-5,11,13,21,24H,3,6-10,14-15H2. The van der Waals surface area contributed by atoms with E-state index < -0.39 is 0 Å². The van der Waals surface area contributed by atoms with Crippen LogP contribution < -0.4 is 5.32 Å². The summed E-state index contributed by atoms with van der Waals surface area (Å²) in [6.07, 6.45) is 6.91. The van der Waals surface area contributed by atoms with E-state index in [-0.39, 0.29) is 0 Å². The number of aryl methyl sites for hydroxylation is 1. The van der Waals surface area contributed by atoms with Crippen molar-refractivity contribution in [2.75, 3.05) is 26.2 Å². The summed E-state index contributed by atoms with van der Waals surface area (Å²) < 4.78 is 0. The molecule has 2 aromatic rings. The summed E-state index contributed by atoms with van der Waals surface area (Å²) in [4.78, 5) is 6.91. The van der Waals surface area contributed by atoms with Crippen LogP contribution in [0.2, 0.25) is 0 Å². The number of nitrogens with one attached hydrogen (secondary N) is 1. The SMILES string of the molecule is N#Cc1ccc(-c2ccc3c(c2)CCC3N2CC3(CCNCC3)C2)cn1. The lowest BCUT2D eigenvalue weighted by Gasteiger charge is -2.55. The molecular formula is C22H24N4. The second kappa shape index (κ2) is 6.19. The fourth-order valence-electron chi connectivity index (χ4n) is 5.09. The number of aromatic nitrogens is 1. The number of pyridine rings is 1. The van der Waals surface area contributed by atoms with Gasteiger partial charge in [-0.15, -0.1) is 0 Å². The first kappa shape index (κ1) is 16.0. The molecule has 1 atom stereocenters. The maximum Gasteiger partial charge on any atom is 0.140 e. The Kier molecular flexibility index (Phi) is 3.81. The fraction of sp³-hybridized carbons (Fsp3) is 0.455. The molecule has 2 aliphatic heterocycles. The third kappa shape index (κ3) is 2.63. The van der Waals surface area contributed by atoms with E-state index >= 15 is 0 Å². The molecule has 1 spiro atoms. The fourth-order valence-corrected chi connectivity index (χ4v) is 5.09. The topological polar surface area (TPSA) is 52.0 Å². The lowest BCUT2D eigenvalue weighted by atomic mass is 9.71. The van der Waals surface area contributed by atoms with Crippen molar-refractivity contribution in [3.05, 3.63) is 53.3 Å². The third-order valence-electron chi connectivity index (χ3n) is 6.58. The van der Waals surface area contributed by atoms with Gasteiger partial charge in [0.25, 0.3) is 0 Å². The largest absolute Gasteiger partial charge is 0.317 e. The van der Waals surface area contributed by atoms with Crippen molar-refractivity contribution in [1.29, 1.82) is 5.26 Å². The highest BCUT2D eigenvalue weighted by Gasteiger charge is 2.46. The Balaban J connectivity index is 1.33. The van der Waals surface area contributed by atoms with E-state index in [4.69, 9.17) is 5.26 Å². The monoisotopic (exact) mass is 344 g/mol. The van der Waals surface area contributed by atoms with E-state index in [1.165, 1.54) is 68.6 Å². The number of nitrogens with zero attached hydrogens (tertiary/aromatic N) is 3. The average molecular weight is 344 g/mol. The lowest BCUT2D eigenvalue weighted by Crippen LogP contribution is -2.60. The molecule has 0 radical (unpaired) electrons. The second-order valence-corrected chi connectivity index (χ2v) is 8.17. The molecule has 3 aliphatic rings. The maximum atomic E-state index is 8.91. The molecule has 2 fully saturated rings. The summed E-state index contributed by atoms with van der Waals surface area (Å²) in [6, 6.07) is 13.4. The summed E-state index contributed by atoms with van der Waals surface area (Å²) in [5, 5.41) is 12.4. The number of hydrogen-bond donors (Lipinski definition) is 1. The highest BCUT2D eigenvalue weighted by molar-refractivity contribution is 5.65. The van der Waals surface area contributed by atoms with Crippen molar-refractivity contribution in [3.8, 4) is 17.2 Å². The zero-order chi connectivity index (χ0) is 17.6. The normalized spacial score (nSPS) is 24.0. The molecule has 2 saturated heterocycles. The van der Waals surface area contributed by atoms with Crippen molar-refractivity contribution in [2.45, 2.75) is 31.7 Å². The van der Waals surface area contributed by atoms with Gasteiger partial charge in [-0.3, -0.25) is 4.90 Å². The number of fused-ring (bicyclic) bond motifs is 1. The number of likely N-dealkylation sites (tertiary alicyclic amines) is 1. The van der Waals surface area contributed by atoms with E-state index in [1.807, 2.05) is 12.3 Å². The van der Waals surface area contributed by atoms with Gasteiger partial charge >= 0.3 is 0 Å². The van der Waals surface area contributed by atoms with Gasteiger partial charge in [0.15, 0.2) is 0 Å². The Morgan fingerprint density at radius 1 is 1.12 bits per heavy atom. The van der Waals surface area contributed by atoms with Gasteiger partial charge in [-0.25, -0.2) is 4.98 Å². The van der Waals surface area contributed by atoms with Crippen LogP contribution in [0.5, 0.6) is 0 Å². The van der Waals surface area contributed by atoms with Gasteiger partial charge in [-0.1, -0.05) is 18.2 Å². The first-order chi connectivity index (χ1) is 12.8. The highest BCUT2D eigenvalue weighted by Crippen LogP contribution is 2.47. The molecule has 5 rings (SSSR count). The molecule has 1 N–H and O–H groups in total. The Morgan fingerprint density at radius 3 is 2.65 bits per heavy atom. The molecule has 3 heterocycles. The van der Waals surface area contributed by atoms with Crippen molar-refractivity contribution < 1.29 is 0 Å². The first-order valence-corrected chi connectivity index (χ1v) is 9.71. The Hall–Kier alpha value is -2.22. The van der Waals surface area contributed by atoms with E-state index in [1.54, 1.807) is 6.07 Å². The van der Waals surface area contributed by atoms with Gasteiger partial charge < -0.3 is 5.32 Å². The molecule has 1 aromatic heterocycles. The third-order valence-corrected chi connectivity index (χ3v) is 6.58. The van der Waals surface area contributed by atoms with Crippen LogP contribution in [-0.4, -0.2) is 36.1 Å². The minimum absolute atomic E-state index is 0.472. The number of rotatable bonds is 2. The minimum Gasteiger partial charge on any atom is -0.317 e. The van der Waals surface area contributed by atoms with Crippen molar-refractivity contribution in [1.82, 2.24) is 15.2 Å². The van der Waals surface area contributed by atoms with Crippen LogP contribution in [0.15, 0.2) is 36.5 Å².